The van der Waals surface area contributed by atoms with Crippen LogP contribution in [0.3, 0.4) is 0 Å². The number of nitrogens with one attached hydrogen (secondary N) is 1. The van der Waals surface area contributed by atoms with Crippen LogP contribution in [0.25, 0.3) is 6.08 Å². The molecule has 2 aliphatic rings. The van der Waals surface area contributed by atoms with E-state index in [-0.39, 0.29) is 0 Å². The molecule has 1 heterocycles. The molecule has 1 aromatic rings. The number of alkyl carbamates (subject to hydrolysis) is 1. The van der Waals surface area contributed by atoms with E-state index in [9.17, 15) is 4.79 Å². The number of thiocarbonyl (C=S) groups is 1. The average molecular weight is 371 g/mol. The van der Waals surface area contributed by atoms with Gasteiger partial charge in [-0.05, 0) is 56.2 Å². The first kappa shape index (κ1) is 18.6. The van der Waals surface area contributed by atoms with Crippen molar-refractivity contribution in [3.05, 3.63) is 52.7 Å². The summed E-state index contributed by atoms with van der Waals surface area (Å²) < 4.78 is 4.99. The third-order valence-corrected chi connectivity index (χ3v) is 5.16. The first-order chi connectivity index (χ1) is 12.7. The Kier molecular flexibility index (Phi) is 6.45. The molecule has 0 bridgehead atoms. The number of benzene rings is 1. The zero-order chi connectivity index (χ0) is 18.4. The summed E-state index contributed by atoms with van der Waals surface area (Å²) in [4.78, 5) is 14.7. The summed E-state index contributed by atoms with van der Waals surface area (Å²) in [6, 6.07) is 10.4. The Morgan fingerprint density at radius 3 is 2.62 bits per heavy atom. The summed E-state index contributed by atoms with van der Waals surface area (Å²) >= 11 is 5.54. The molecule has 0 atom stereocenters. The molecule has 26 heavy (non-hydrogen) atoms. The van der Waals surface area contributed by atoms with E-state index in [1.165, 1.54) is 36.1 Å². The third-order valence-electron chi connectivity index (χ3n) is 4.81. The maximum absolute atomic E-state index is 11.8. The maximum Gasteiger partial charge on any atom is 0.412 e. The van der Waals surface area contributed by atoms with E-state index in [1.54, 1.807) is 6.92 Å². The second-order valence-electron chi connectivity index (χ2n) is 6.63. The van der Waals surface area contributed by atoms with Crippen LogP contribution in [0.2, 0.25) is 0 Å². The van der Waals surface area contributed by atoms with E-state index in [1.807, 2.05) is 6.07 Å². The van der Waals surface area contributed by atoms with Gasteiger partial charge in [0.2, 0.25) is 0 Å². The van der Waals surface area contributed by atoms with Crippen LogP contribution in [-0.4, -0.2) is 35.7 Å². The summed E-state index contributed by atoms with van der Waals surface area (Å²) in [5, 5.41) is 2.73. The molecule has 0 radical (unpaired) electrons. The molecular weight excluding hydrogens is 344 g/mol. The van der Waals surface area contributed by atoms with E-state index < -0.39 is 6.09 Å². The van der Waals surface area contributed by atoms with Crippen molar-refractivity contribution < 1.29 is 9.53 Å². The third kappa shape index (κ3) is 4.52. The van der Waals surface area contributed by atoms with Crippen LogP contribution < -0.4 is 5.32 Å². The Morgan fingerprint density at radius 2 is 1.92 bits per heavy atom. The second kappa shape index (κ2) is 8.99. The molecule has 0 unspecified atom stereocenters. The minimum Gasteiger partial charge on any atom is -0.450 e. The molecule has 0 aromatic heterocycles. The first-order valence-electron chi connectivity index (χ1n) is 9.41. The van der Waals surface area contributed by atoms with Gasteiger partial charge in [-0.3, -0.25) is 5.32 Å². The average Bonchev–Trinajstić information content (AvgIpc) is 3.07. The number of likely N-dealkylation sites (tertiary alicyclic amines) is 1. The van der Waals surface area contributed by atoms with Crippen molar-refractivity contribution in [3.63, 3.8) is 0 Å². The Bertz CT molecular complexity index is 719. The predicted octanol–water partition coefficient (Wildman–Crippen LogP) is 4.68. The number of nitrogens with zero attached hydrogens (tertiary/aromatic N) is 1. The van der Waals surface area contributed by atoms with Crippen molar-refractivity contribution >= 4 is 29.4 Å². The van der Waals surface area contributed by atoms with Gasteiger partial charge in [0, 0.05) is 24.4 Å². The monoisotopic (exact) mass is 370 g/mol. The van der Waals surface area contributed by atoms with Gasteiger partial charge >= 0.3 is 6.09 Å². The van der Waals surface area contributed by atoms with E-state index in [2.05, 4.69) is 40.6 Å². The van der Waals surface area contributed by atoms with Gasteiger partial charge in [0.25, 0.3) is 0 Å². The highest BCUT2D eigenvalue weighted by atomic mass is 32.1. The highest BCUT2D eigenvalue weighted by Crippen LogP contribution is 2.37. The number of allylic oxidation sites excluding steroid dienone is 1. The van der Waals surface area contributed by atoms with Crippen molar-refractivity contribution in [3.8, 4) is 0 Å². The van der Waals surface area contributed by atoms with E-state index >= 15 is 0 Å². The summed E-state index contributed by atoms with van der Waals surface area (Å²) in [6.07, 6.45) is 7.27. The lowest BCUT2D eigenvalue weighted by Gasteiger charge is -2.32. The number of amides is 1. The number of hydrogen-bond acceptors (Lipinski definition) is 4. The first-order valence-corrected chi connectivity index (χ1v) is 9.82. The van der Waals surface area contributed by atoms with Gasteiger partial charge in [0.15, 0.2) is 0 Å². The fourth-order valence-corrected chi connectivity index (χ4v) is 3.93. The summed E-state index contributed by atoms with van der Waals surface area (Å²) in [5.41, 5.74) is 4.79. The van der Waals surface area contributed by atoms with E-state index in [0.717, 1.165) is 31.5 Å². The number of piperidine rings is 1. The SMILES string of the molecule is CCOC(=O)NC(=S)C1=C(N2CCCCC2)C(=Cc2ccccc2)CC1. The smallest absolute Gasteiger partial charge is 0.412 e. The lowest BCUT2D eigenvalue weighted by molar-refractivity contribution is 0.158. The van der Waals surface area contributed by atoms with Crippen molar-refractivity contribution in [2.45, 2.75) is 39.0 Å². The molecule has 0 saturated carbocycles. The van der Waals surface area contributed by atoms with Crippen LogP contribution in [-0.2, 0) is 4.74 Å². The molecule has 1 amide bonds. The number of ether oxygens (including phenoxy) is 1. The van der Waals surface area contributed by atoms with Crippen LogP contribution in [0.4, 0.5) is 4.79 Å². The van der Waals surface area contributed by atoms with Crippen LogP contribution in [0, 0.1) is 0 Å². The molecule has 4 nitrogen and oxygen atoms in total. The summed E-state index contributed by atoms with van der Waals surface area (Å²) in [7, 11) is 0. The molecule has 138 valence electrons. The summed E-state index contributed by atoms with van der Waals surface area (Å²) in [5.74, 6) is 0. The topological polar surface area (TPSA) is 41.6 Å². The molecule has 1 fully saturated rings. The van der Waals surface area contributed by atoms with Crippen LogP contribution >= 0.6 is 12.2 Å². The largest absolute Gasteiger partial charge is 0.450 e. The van der Waals surface area contributed by atoms with Gasteiger partial charge in [-0.2, -0.15) is 0 Å². The minimum atomic E-state index is -0.469. The lowest BCUT2D eigenvalue weighted by atomic mass is 10.0. The van der Waals surface area contributed by atoms with Gasteiger partial charge in [-0.15, -0.1) is 0 Å². The molecule has 5 heteroatoms. The number of hydrogen-bond donors (Lipinski definition) is 1. The molecule has 1 aromatic carbocycles. The minimum absolute atomic E-state index is 0.339. The molecule has 1 N–H and O–H groups in total. The van der Waals surface area contributed by atoms with Crippen LogP contribution in [0.1, 0.15) is 44.6 Å². The Balaban J connectivity index is 1.90. The standard InChI is InChI=1S/C21H26N2O2S/c1-2-25-21(24)22-20(26)18-12-11-17(15-16-9-5-3-6-10-16)19(18)23-13-7-4-8-14-23/h3,5-6,9-10,15H,2,4,7-8,11-14H2,1H3,(H,22,24,26). The highest BCUT2D eigenvalue weighted by molar-refractivity contribution is 7.80. The summed E-state index contributed by atoms with van der Waals surface area (Å²) in [6.45, 7) is 4.23. The fraction of sp³-hybridized carbons (Fsp3) is 0.429. The number of rotatable bonds is 4. The molecule has 1 saturated heterocycles. The molecule has 1 aliphatic heterocycles. The van der Waals surface area contributed by atoms with Gasteiger partial charge in [-0.1, -0.05) is 42.5 Å². The Hall–Kier alpha value is -2.14. The van der Waals surface area contributed by atoms with Crippen LogP contribution in [0.5, 0.6) is 0 Å². The van der Waals surface area contributed by atoms with Gasteiger partial charge in [0.1, 0.15) is 4.99 Å². The van der Waals surface area contributed by atoms with Crippen LogP contribution in [0.15, 0.2) is 47.2 Å². The van der Waals surface area contributed by atoms with Crippen molar-refractivity contribution in [2.75, 3.05) is 19.7 Å². The van der Waals surface area contributed by atoms with Gasteiger partial charge in [-0.25, -0.2) is 4.79 Å². The fourth-order valence-electron chi connectivity index (χ4n) is 3.65. The normalized spacial score (nSPS) is 19.0. The molecule has 1 aliphatic carbocycles. The zero-order valence-corrected chi connectivity index (χ0v) is 16.1. The second-order valence-corrected chi connectivity index (χ2v) is 7.04. The maximum atomic E-state index is 11.8. The highest BCUT2D eigenvalue weighted by Gasteiger charge is 2.28. The quantitative estimate of drug-likeness (QED) is 0.782. The predicted molar refractivity (Wildman–Crippen MR) is 109 cm³/mol. The van der Waals surface area contributed by atoms with E-state index in [0.29, 0.717) is 11.6 Å². The molecule has 3 rings (SSSR count). The van der Waals surface area contributed by atoms with E-state index in [4.69, 9.17) is 17.0 Å². The van der Waals surface area contributed by atoms with Crippen molar-refractivity contribution in [1.29, 1.82) is 0 Å². The van der Waals surface area contributed by atoms with Gasteiger partial charge in [0.05, 0.1) is 6.61 Å². The lowest BCUT2D eigenvalue weighted by Crippen LogP contribution is -2.34. The zero-order valence-electron chi connectivity index (χ0n) is 15.3. The van der Waals surface area contributed by atoms with Crippen molar-refractivity contribution in [1.82, 2.24) is 10.2 Å². The Labute approximate surface area is 160 Å². The number of carbonyl (C=O) groups excluding carboxylic acids is 1. The van der Waals surface area contributed by atoms with Gasteiger partial charge < -0.3 is 9.64 Å². The van der Waals surface area contributed by atoms with Crippen molar-refractivity contribution in [2.24, 2.45) is 0 Å². The number of carbonyl (C=O) groups is 1. The molecular formula is C21H26N2O2S. The Morgan fingerprint density at radius 1 is 1.19 bits per heavy atom. The molecule has 0 spiro atoms.